The number of hydrogen-bond acceptors (Lipinski definition) is 6. The second kappa shape index (κ2) is 8.52. The van der Waals surface area contributed by atoms with Gasteiger partial charge in [0.15, 0.2) is 5.60 Å². The van der Waals surface area contributed by atoms with Gasteiger partial charge in [0.25, 0.3) is 15.9 Å². The van der Waals surface area contributed by atoms with E-state index in [0.29, 0.717) is 48.3 Å². The van der Waals surface area contributed by atoms with Crippen molar-refractivity contribution in [3.8, 4) is 5.75 Å². The fourth-order valence-electron chi connectivity index (χ4n) is 4.12. The average molecular weight is 455 g/mol. The molecule has 1 aliphatic rings. The van der Waals surface area contributed by atoms with Crippen LogP contribution in [0.3, 0.4) is 0 Å². The Morgan fingerprint density at radius 3 is 2.72 bits per heavy atom. The van der Waals surface area contributed by atoms with Crippen LogP contribution in [0.25, 0.3) is 10.9 Å². The summed E-state index contributed by atoms with van der Waals surface area (Å²) in [5.41, 5.74) is 1.34. The Kier molecular flexibility index (Phi) is 5.92. The third kappa shape index (κ3) is 3.96. The first-order chi connectivity index (χ1) is 15.3. The highest BCUT2D eigenvalue weighted by atomic mass is 32.2. The molecule has 4 rings (SSSR count). The lowest BCUT2D eigenvalue weighted by atomic mass is 9.88. The van der Waals surface area contributed by atoms with Crippen molar-refractivity contribution >= 4 is 26.8 Å². The number of hydrogen-bond donors (Lipinski definition) is 1. The molecular weight excluding hydrogens is 428 g/mol. The van der Waals surface area contributed by atoms with Gasteiger partial charge in [-0.05, 0) is 70.0 Å². The number of nitrogens with zero attached hydrogens (tertiary/aromatic N) is 1. The number of rotatable bonds is 6. The Hall–Kier alpha value is -2.97. The molecule has 0 aliphatic carbocycles. The lowest BCUT2D eigenvalue weighted by molar-refractivity contribution is -0.140. The van der Waals surface area contributed by atoms with E-state index in [9.17, 15) is 13.2 Å². The maximum Gasteiger partial charge on any atom is 0.270 e. The largest absolute Gasteiger partial charge is 0.493 e. The minimum atomic E-state index is -4.18. The van der Waals surface area contributed by atoms with E-state index >= 15 is 0 Å². The Labute approximate surface area is 187 Å². The van der Waals surface area contributed by atoms with E-state index in [-0.39, 0.29) is 4.90 Å². The number of amides is 1. The van der Waals surface area contributed by atoms with Crippen LogP contribution in [-0.2, 0) is 25.2 Å². The van der Waals surface area contributed by atoms with Gasteiger partial charge in [0, 0.05) is 23.3 Å². The zero-order valence-electron chi connectivity index (χ0n) is 18.3. The summed E-state index contributed by atoms with van der Waals surface area (Å²) in [5, 5.41) is 0.449. The molecule has 2 heterocycles. The van der Waals surface area contributed by atoms with Crippen molar-refractivity contribution in [2.24, 2.45) is 0 Å². The predicted molar refractivity (Wildman–Crippen MR) is 121 cm³/mol. The standard InChI is InChI=1S/C24H26N2O5S/c1-4-30-21-12-9-16(2)15-19(21)24(13-6-14-31-24)23(27)26-32(28,29)22-8-5-7-20-18(22)11-10-17(3)25-20/h5,7-12,15H,4,6,13-14H2,1-3H3,(H,26,27)/t24-/m0/s1. The second-order valence-electron chi connectivity index (χ2n) is 7.92. The van der Waals surface area contributed by atoms with Gasteiger partial charge < -0.3 is 9.47 Å². The average Bonchev–Trinajstić information content (AvgIpc) is 3.25. The molecule has 1 aliphatic heterocycles. The Balaban J connectivity index is 1.76. The first kappa shape index (κ1) is 22.2. The van der Waals surface area contributed by atoms with E-state index in [4.69, 9.17) is 9.47 Å². The SMILES string of the molecule is CCOc1ccc(C)cc1[C@]1(C(=O)NS(=O)(=O)c2cccc3nc(C)ccc23)CCCO1. The fourth-order valence-corrected chi connectivity index (χ4v) is 5.36. The second-order valence-corrected chi connectivity index (χ2v) is 9.57. The van der Waals surface area contributed by atoms with Gasteiger partial charge in [-0.15, -0.1) is 0 Å². The molecule has 2 aromatic carbocycles. The molecule has 1 N–H and O–H groups in total. The number of pyridine rings is 1. The van der Waals surface area contributed by atoms with Crippen molar-refractivity contribution in [1.82, 2.24) is 9.71 Å². The first-order valence-electron chi connectivity index (χ1n) is 10.6. The lowest BCUT2D eigenvalue weighted by Gasteiger charge is -2.29. The number of carbonyl (C=O) groups is 1. The van der Waals surface area contributed by atoms with Crippen molar-refractivity contribution < 1.29 is 22.7 Å². The predicted octanol–water partition coefficient (Wildman–Crippen LogP) is 3.76. The number of sulfonamides is 1. The smallest absolute Gasteiger partial charge is 0.270 e. The molecule has 1 fully saturated rings. The Bertz CT molecular complexity index is 1280. The monoisotopic (exact) mass is 454 g/mol. The summed E-state index contributed by atoms with van der Waals surface area (Å²) in [5.74, 6) is -0.212. The Morgan fingerprint density at radius 2 is 2.00 bits per heavy atom. The fraction of sp³-hybridized carbons (Fsp3) is 0.333. The van der Waals surface area contributed by atoms with E-state index in [0.717, 1.165) is 11.3 Å². The third-order valence-corrected chi connectivity index (χ3v) is 7.00. The van der Waals surface area contributed by atoms with Crippen LogP contribution in [0.1, 0.15) is 36.6 Å². The van der Waals surface area contributed by atoms with E-state index in [2.05, 4.69) is 9.71 Å². The van der Waals surface area contributed by atoms with E-state index < -0.39 is 21.5 Å². The highest BCUT2D eigenvalue weighted by Crippen LogP contribution is 2.42. The van der Waals surface area contributed by atoms with Crippen molar-refractivity contribution in [1.29, 1.82) is 0 Å². The number of aryl methyl sites for hydroxylation is 2. The zero-order valence-corrected chi connectivity index (χ0v) is 19.2. The van der Waals surface area contributed by atoms with Crippen LogP contribution in [-0.4, -0.2) is 32.5 Å². The van der Waals surface area contributed by atoms with Gasteiger partial charge >= 0.3 is 0 Å². The molecule has 0 spiro atoms. The number of aromatic nitrogens is 1. The van der Waals surface area contributed by atoms with Crippen molar-refractivity contribution in [2.45, 2.75) is 44.1 Å². The maximum atomic E-state index is 13.5. The van der Waals surface area contributed by atoms with E-state index in [1.54, 1.807) is 30.3 Å². The summed E-state index contributed by atoms with van der Waals surface area (Å²) in [6, 6.07) is 13.8. The van der Waals surface area contributed by atoms with Gasteiger partial charge in [0.05, 0.1) is 17.0 Å². The van der Waals surface area contributed by atoms with Crippen LogP contribution in [0, 0.1) is 13.8 Å². The van der Waals surface area contributed by atoms with Gasteiger partial charge in [-0.3, -0.25) is 9.78 Å². The van der Waals surface area contributed by atoms with Crippen LogP contribution in [0.4, 0.5) is 0 Å². The van der Waals surface area contributed by atoms with Crippen LogP contribution in [0.5, 0.6) is 5.75 Å². The summed E-state index contributed by atoms with van der Waals surface area (Å²) in [4.78, 5) is 17.9. The molecule has 3 aromatic rings. The van der Waals surface area contributed by atoms with Crippen molar-refractivity contribution in [2.75, 3.05) is 13.2 Å². The molecule has 32 heavy (non-hydrogen) atoms. The molecule has 0 saturated carbocycles. The van der Waals surface area contributed by atoms with Crippen molar-refractivity contribution in [3.05, 3.63) is 65.4 Å². The van der Waals surface area contributed by atoms with Gasteiger partial charge in [-0.2, -0.15) is 0 Å². The highest BCUT2D eigenvalue weighted by molar-refractivity contribution is 7.90. The topological polar surface area (TPSA) is 94.6 Å². The molecule has 7 nitrogen and oxygen atoms in total. The molecule has 1 aromatic heterocycles. The lowest BCUT2D eigenvalue weighted by Crippen LogP contribution is -2.46. The van der Waals surface area contributed by atoms with Gasteiger partial charge in [-0.1, -0.05) is 17.7 Å². The molecule has 8 heteroatoms. The first-order valence-corrected chi connectivity index (χ1v) is 12.1. The molecule has 1 atom stereocenters. The van der Waals surface area contributed by atoms with Gasteiger partial charge in [-0.25, -0.2) is 13.1 Å². The zero-order chi connectivity index (χ0) is 22.9. The van der Waals surface area contributed by atoms with Crippen LogP contribution in [0.15, 0.2) is 53.4 Å². The number of nitrogens with one attached hydrogen (secondary N) is 1. The summed E-state index contributed by atoms with van der Waals surface area (Å²) < 4.78 is 40.6. The minimum absolute atomic E-state index is 0.00160. The van der Waals surface area contributed by atoms with E-state index in [1.165, 1.54) is 6.07 Å². The molecule has 1 amide bonds. The summed E-state index contributed by atoms with van der Waals surface area (Å²) in [6.07, 6.45) is 0.985. The maximum absolute atomic E-state index is 13.5. The quantitative estimate of drug-likeness (QED) is 0.609. The Morgan fingerprint density at radius 1 is 1.19 bits per heavy atom. The number of carbonyl (C=O) groups excluding carboxylic acids is 1. The van der Waals surface area contributed by atoms with Crippen molar-refractivity contribution in [3.63, 3.8) is 0 Å². The summed E-state index contributed by atoms with van der Waals surface area (Å²) in [7, 11) is -4.18. The van der Waals surface area contributed by atoms with Crippen LogP contribution < -0.4 is 9.46 Å². The number of ether oxygens (including phenoxy) is 2. The number of benzene rings is 2. The van der Waals surface area contributed by atoms with Gasteiger partial charge in [0.2, 0.25) is 0 Å². The number of fused-ring (bicyclic) bond motifs is 1. The summed E-state index contributed by atoms with van der Waals surface area (Å²) >= 11 is 0. The highest BCUT2D eigenvalue weighted by Gasteiger charge is 2.48. The summed E-state index contributed by atoms with van der Waals surface area (Å²) in [6.45, 7) is 6.36. The molecular formula is C24H26N2O5S. The van der Waals surface area contributed by atoms with E-state index in [1.807, 2.05) is 32.9 Å². The van der Waals surface area contributed by atoms with Gasteiger partial charge in [0.1, 0.15) is 5.75 Å². The molecule has 0 radical (unpaired) electrons. The third-order valence-electron chi connectivity index (χ3n) is 5.61. The molecule has 168 valence electrons. The molecule has 0 bridgehead atoms. The minimum Gasteiger partial charge on any atom is -0.493 e. The van der Waals surface area contributed by atoms with Crippen LogP contribution >= 0.6 is 0 Å². The molecule has 0 unspecified atom stereocenters. The van der Waals surface area contributed by atoms with Crippen LogP contribution in [0.2, 0.25) is 0 Å². The normalized spacial score (nSPS) is 18.6. The molecule has 1 saturated heterocycles.